The summed E-state index contributed by atoms with van der Waals surface area (Å²) in [6.07, 6.45) is 0.238. The van der Waals surface area contributed by atoms with E-state index in [-0.39, 0.29) is 23.8 Å². The van der Waals surface area contributed by atoms with Crippen LogP contribution in [0.1, 0.15) is 22.3 Å². The number of amides is 2. The second-order valence-corrected chi connectivity index (χ2v) is 12.4. The highest BCUT2D eigenvalue weighted by molar-refractivity contribution is 7.92. The average Bonchev–Trinajstić information content (AvgIpc) is 2.99. The molecule has 0 spiro atoms. The first-order valence-electron chi connectivity index (χ1n) is 13.5. The summed E-state index contributed by atoms with van der Waals surface area (Å²) in [5, 5.41) is 3.17. The van der Waals surface area contributed by atoms with Gasteiger partial charge in [0, 0.05) is 25.0 Å². The van der Waals surface area contributed by atoms with Gasteiger partial charge in [-0.25, -0.2) is 8.42 Å². The second-order valence-electron chi connectivity index (χ2n) is 10.1. The summed E-state index contributed by atoms with van der Waals surface area (Å²) in [6, 6.07) is 28.8. The zero-order valence-electron chi connectivity index (χ0n) is 23.8. The first-order chi connectivity index (χ1) is 20.1. The number of nitrogens with one attached hydrogen (secondary N) is 1. The van der Waals surface area contributed by atoms with Crippen molar-refractivity contribution in [1.82, 2.24) is 10.2 Å². The van der Waals surface area contributed by atoms with E-state index in [1.165, 1.54) is 24.1 Å². The summed E-state index contributed by atoms with van der Waals surface area (Å²) in [5.41, 5.74) is 3.81. The van der Waals surface area contributed by atoms with Crippen molar-refractivity contribution < 1.29 is 18.0 Å². The summed E-state index contributed by atoms with van der Waals surface area (Å²) in [5.74, 6) is -0.893. The molecule has 0 saturated heterocycles. The van der Waals surface area contributed by atoms with E-state index in [1.54, 1.807) is 48.5 Å². The molecule has 42 heavy (non-hydrogen) atoms. The first kappa shape index (κ1) is 30.8. The zero-order chi connectivity index (χ0) is 30.3. The molecule has 218 valence electrons. The molecular weight excluding hydrogens is 570 g/mol. The van der Waals surface area contributed by atoms with Gasteiger partial charge in [0.1, 0.15) is 12.6 Å². The Morgan fingerprint density at radius 3 is 2.07 bits per heavy atom. The largest absolute Gasteiger partial charge is 0.357 e. The molecule has 0 radical (unpaired) electrons. The molecule has 0 aliphatic heterocycles. The molecule has 1 atom stereocenters. The van der Waals surface area contributed by atoms with E-state index in [1.807, 2.05) is 56.3 Å². The molecule has 2 amide bonds. The van der Waals surface area contributed by atoms with Gasteiger partial charge in [-0.3, -0.25) is 13.9 Å². The number of hydrogen-bond donors (Lipinski definition) is 1. The topological polar surface area (TPSA) is 86.8 Å². The first-order valence-corrected chi connectivity index (χ1v) is 15.4. The van der Waals surface area contributed by atoms with Crippen molar-refractivity contribution in [2.45, 2.75) is 37.8 Å². The number of carbonyl (C=O) groups excluding carboxylic acids is 2. The highest BCUT2D eigenvalue weighted by Gasteiger charge is 2.34. The van der Waals surface area contributed by atoms with Crippen molar-refractivity contribution in [3.05, 3.63) is 130 Å². The maximum absolute atomic E-state index is 14.3. The van der Waals surface area contributed by atoms with E-state index < -0.39 is 28.5 Å². The molecule has 0 aromatic heterocycles. The van der Waals surface area contributed by atoms with Crippen LogP contribution in [0.15, 0.2) is 108 Å². The zero-order valence-corrected chi connectivity index (χ0v) is 25.4. The van der Waals surface area contributed by atoms with E-state index in [2.05, 4.69) is 5.32 Å². The molecule has 0 aliphatic carbocycles. The Morgan fingerprint density at radius 1 is 0.810 bits per heavy atom. The Bertz CT molecular complexity index is 1650. The fourth-order valence-corrected chi connectivity index (χ4v) is 6.32. The van der Waals surface area contributed by atoms with Gasteiger partial charge in [0.15, 0.2) is 0 Å². The van der Waals surface area contributed by atoms with Crippen LogP contribution in [-0.2, 0) is 32.6 Å². The van der Waals surface area contributed by atoms with Crippen LogP contribution in [0.25, 0.3) is 0 Å². The van der Waals surface area contributed by atoms with Crippen molar-refractivity contribution in [3.63, 3.8) is 0 Å². The maximum Gasteiger partial charge on any atom is 0.264 e. The second kappa shape index (κ2) is 13.7. The fraction of sp³-hybridized carbons (Fsp3) is 0.212. The van der Waals surface area contributed by atoms with Crippen LogP contribution in [-0.4, -0.2) is 44.8 Å². The summed E-state index contributed by atoms with van der Waals surface area (Å²) >= 11 is 6.26. The number of nitrogens with zero attached hydrogens (tertiary/aromatic N) is 2. The van der Waals surface area contributed by atoms with Crippen molar-refractivity contribution in [1.29, 1.82) is 0 Å². The standard InChI is InChI=1S/C33H34ClN3O4S/c1-24-17-18-29(19-25(24)2)37(42(40,41)30-15-8-5-9-16-30)23-32(38)36(22-27-13-10-14-28(34)20-27)31(33(39)35-3)21-26-11-6-4-7-12-26/h4-20,31H,21-23H2,1-3H3,(H,35,39)/t31-/m1/s1. The predicted octanol–water partition coefficient (Wildman–Crippen LogP) is 5.54. The van der Waals surface area contributed by atoms with Crippen LogP contribution in [0.3, 0.4) is 0 Å². The normalized spacial score (nSPS) is 11.9. The summed E-state index contributed by atoms with van der Waals surface area (Å²) in [7, 11) is -2.62. The highest BCUT2D eigenvalue weighted by Crippen LogP contribution is 2.27. The van der Waals surface area contributed by atoms with Crippen molar-refractivity contribution in [3.8, 4) is 0 Å². The number of anilines is 1. The Balaban J connectivity index is 1.80. The van der Waals surface area contributed by atoms with Gasteiger partial charge in [0.05, 0.1) is 10.6 Å². The van der Waals surface area contributed by atoms with Crippen molar-refractivity contribution in [2.24, 2.45) is 0 Å². The predicted molar refractivity (Wildman–Crippen MR) is 167 cm³/mol. The fourth-order valence-electron chi connectivity index (χ4n) is 4.68. The van der Waals surface area contributed by atoms with Crippen molar-refractivity contribution in [2.75, 3.05) is 17.9 Å². The molecule has 0 unspecified atom stereocenters. The SMILES string of the molecule is CNC(=O)[C@@H](Cc1ccccc1)N(Cc1cccc(Cl)c1)C(=O)CN(c1ccc(C)c(C)c1)S(=O)(=O)c1ccccc1. The van der Waals surface area contributed by atoms with Crippen LogP contribution >= 0.6 is 11.6 Å². The molecule has 0 aliphatic rings. The van der Waals surface area contributed by atoms with Crippen LogP contribution in [0.4, 0.5) is 5.69 Å². The van der Waals surface area contributed by atoms with Crippen LogP contribution in [0, 0.1) is 13.8 Å². The van der Waals surface area contributed by atoms with Gasteiger partial charge in [-0.1, -0.05) is 78.3 Å². The number of sulfonamides is 1. The van der Waals surface area contributed by atoms with Gasteiger partial charge in [-0.15, -0.1) is 0 Å². The van der Waals surface area contributed by atoms with Crippen LogP contribution in [0.5, 0.6) is 0 Å². The highest BCUT2D eigenvalue weighted by atomic mass is 35.5. The lowest BCUT2D eigenvalue weighted by molar-refractivity contribution is -0.139. The third-order valence-electron chi connectivity index (χ3n) is 7.15. The molecule has 9 heteroatoms. The molecule has 0 saturated carbocycles. The number of hydrogen-bond acceptors (Lipinski definition) is 4. The van der Waals surface area contributed by atoms with Crippen LogP contribution < -0.4 is 9.62 Å². The Morgan fingerprint density at radius 2 is 1.45 bits per heavy atom. The lowest BCUT2D eigenvalue weighted by Crippen LogP contribution is -2.53. The minimum Gasteiger partial charge on any atom is -0.357 e. The lowest BCUT2D eigenvalue weighted by Gasteiger charge is -2.33. The summed E-state index contributed by atoms with van der Waals surface area (Å²) in [6.45, 7) is 3.37. The number of halogens is 1. The van der Waals surface area contributed by atoms with Gasteiger partial charge in [0.2, 0.25) is 11.8 Å². The number of benzene rings is 4. The molecule has 7 nitrogen and oxygen atoms in total. The molecular formula is C33H34ClN3O4S. The molecule has 1 N–H and O–H groups in total. The number of rotatable bonds is 11. The molecule has 4 aromatic rings. The third kappa shape index (κ3) is 7.38. The number of carbonyl (C=O) groups is 2. The summed E-state index contributed by atoms with van der Waals surface area (Å²) < 4.78 is 29.1. The van der Waals surface area contributed by atoms with Gasteiger partial charge in [0.25, 0.3) is 10.0 Å². The minimum atomic E-state index is -4.14. The smallest absolute Gasteiger partial charge is 0.264 e. The maximum atomic E-state index is 14.3. The average molecular weight is 604 g/mol. The third-order valence-corrected chi connectivity index (χ3v) is 9.17. The van der Waals surface area contributed by atoms with E-state index in [9.17, 15) is 18.0 Å². The molecule has 0 fully saturated rings. The van der Waals surface area contributed by atoms with Gasteiger partial charge in [-0.05, 0) is 72.5 Å². The van der Waals surface area contributed by atoms with Gasteiger partial charge < -0.3 is 10.2 Å². The van der Waals surface area contributed by atoms with Gasteiger partial charge in [-0.2, -0.15) is 0 Å². The lowest BCUT2D eigenvalue weighted by atomic mass is 10.0. The molecule has 4 aromatic carbocycles. The monoisotopic (exact) mass is 603 g/mol. The van der Waals surface area contributed by atoms with Crippen LogP contribution in [0.2, 0.25) is 5.02 Å². The van der Waals surface area contributed by atoms with E-state index >= 15 is 0 Å². The Kier molecular flexibility index (Phi) is 10.0. The van der Waals surface area contributed by atoms with Gasteiger partial charge >= 0.3 is 0 Å². The molecule has 4 rings (SSSR count). The van der Waals surface area contributed by atoms with Crippen molar-refractivity contribution >= 4 is 39.1 Å². The van der Waals surface area contributed by atoms with E-state index in [0.717, 1.165) is 21.0 Å². The quantitative estimate of drug-likeness (QED) is 0.244. The Labute approximate surface area is 252 Å². The minimum absolute atomic E-state index is 0.0520. The van der Waals surface area contributed by atoms with E-state index in [0.29, 0.717) is 16.3 Å². The Hall–Kier alpha value is -4.14. The summed E-state index contributed by atoms with van der Waals surface area (Å²) in [4.78, 5) is 29.1. The van der Waals surface area contributed by atoms with E-state index in [4.69, 9.17) is 11.6 Å². The number of likely N-dealkylation sites (N-methyl/N-ethyl adjacent to an activating group) is 1. The number of aryl methyl sites for hydroxylation is 2. The molecule has 0 heterocycles. The molecule has 0 bridgehead atoms.